The summed E-state index contributed by atoms with van der Waals surface area (Å²) in [4.78, 5) is 293. The van der Waals surface area contributed by atoms with Gasteiger partial charge in [-0.25, -0.2) is 9.59 Å². The van der Waals surface area contributed by atoms with Crippen molar-refractivity contribution < 1.29 is 161 Å². The Bertz CT molecular complexity index is 4390. The third-order valence-corrected chi connectivity index (χ3v) is 19.7. The number of nitrogens with one attached hydrogen (secondary N) is 10. The summed E-state index contributed by atoms with van der Waals surface area (Å²) >= 11 is 0. The summed E-state index contributed by atoms with van der Waals surface area (Å²) in [5.41, 5.74) is -1.96. The van der Waals surface area contributed by atoms with Crippen molar-refractivity contribution in [2.75, 3.05) is 14.1 Å². The van der Waals surface area contributed by atoms with Crippen LogP contribution in [-0.2, 0) is 118 Å². The first kappa shape index (κ1) is 109. The van der Waals surface area contributed by atoms with Gasteiger partial charge in [0.2, 0.25) is 65.0 Å². The van der Waals surface area contributed by atoms with E-state index >= 15 is 9.59 Å². The average Bonchev–Trinajstić information content (AvgIpc) is 1.57. The molecule has 2 rings (SSSR count). The first-order valence-corrected chi connectivity index (χ1v) is 39.9. The minimum Gasteiger partial charge on any atom is -0.481 e. The first-order chi connectivity index (χ1) is 58.2. The highest BCUT2D eigenvalue weighted by Gasteiger charge is 2.48. The fourth-order valence-electron chi connectivity index (χ4n) is 13.0. The van der Waals surface area contributed by atoms with Crippen molar-refractivity contribution in [3.63, 3.8) is 0 Å². The lowest BCUT2D eigenvalue weighted by molar-refractivity contribution is -0.144. The maximum atomic E-state index is 15.2. The van der Waals surface area contributed by atoms with Gasteiger partial charge in [-0.15, -0.1) is 0 Å². The number of para-hydroxylation sites is 1. The highest BCUT2D eigenvalue weighted by molar-refractivity contribution is 6.01. The number of aryl methyl sites for hydroxylation is 1. The topological polar surface area (TPSA) is 719 Å². The van der Waals surface area contributed by atoms with E-state index in [1.807, 2.05) is 63.3 Å². The molecule has 0 radical (unpaired) electrons. The molecule has 0 unspecified atom stereocenters. The van der Waals surface area contributed by atoms with E-state index < -0.39 is 341 Å². The highest BCUT2D eigenvalue weighted by atomic mass is 16.6. The molecule has 12 atom stereocenters. The van der Waals surface area contributed by atoms with Crippen LogP contribution in [0.25, 0.3) is 10.9 Å². The molecule has 2 aromatic rings. The Morgan fingerprint density at radius 1 is 0.389 bits per heavy atom. The Labute approximate surface area is 723 Å². The molecule has 0 fully saturated rings. The number of hydrogen-bond acceptors (Lipinski definition) is 23. The Morgan fingerprint density at radius 2 is 0.659 bits per heavy atom. The van der Waals surface area contributed by atoms with E-state index in [1.54, 1.807) is 69.2 Å². The van der Waals surface area contributed by atoms with Crippen LogP contribution in [0.15, 0.2) is 42.1 Å². The normalized spacial score (nSPS) is 14.5. The maximum Gasteiger partial charge on any atom is 0.410 e. The van der Waals surface area contributed by atoms with Gasteiger partial charge in [-0.1, -0.05) is 72.7 Å². The number of carbonyl (C=O) groups excluding carboxylic acids is 12. The molecule has 1 aromatic heterocycles. The van der Waals surface area contributed by atoms with Crippen molar-refractivity contribution in [2.24, 2.45) is 18.4 Å². The lowest BCUT2D eigenvalue weighted by atomic mass is 9.76. The number of nitrogens with zero attached hydrogens (tertiary/aromatic N) is 3. The third-order valence-electron chi connectivity index (χ3n) is 19.7. The van der Waals surface area contributed by atoms with Crippen LogP contribution in [0, 0.1) is 11.3 Å². The molecule has 700 valence electrons. The molecule has 1 heterocycles. The van der Waals surface area contributed by atoms with Crippen molar-refractivity contribution >= 4 is 142 Å². The van der Waals surface area contributed by atoms with Gasteiger partial charge in [0.1, 0.15) is 72.1 Å². The van der Waals surface area contributed by atoms with Gasteiger partial charge < -0.3 is 118 Å². The molecule has 0 aliphatic rings. The summed E-state index contributed by atoms with van der Waals surface area (Å²) in [6.45, 7) is 18.2. The number of fused-ring (bicyclic) bond motifs is 1. The van der Waals surface area contributed by atoms with Crippen LogP contribution >= 0.6 is 0 Å². The number of carboxylic acid groups (broad SMARTS) is 10. The molecule has 46 nitrogen and oxygen atoms in total. The van der Waals surface area contributed by atoms with Crippen molar-refractivity contribution in [3.05, 3.63) is 47.7 Å². The fraction of sp³-hybridized carbons (Fsp3) is 0.600. The Morgan fingerprint density at radius 3 is 0.921 bits per heavy atom. The van der Waals surface area contributed by atoms with E-state index in [-0.39, 0.29) is 5.57 Å². The van der Waals surface area contributed by atoms with Crippen LogP contribution in [0.4, 0.5) is 4.79 Å². The van der Waals surface area contributed by atoms with Gasteiger partial charge in [0.05, 0.1) is 6.04 Å². The molecule has 12 amide bonds. The number of benzene rings is 1. The molecular formula is C80H117N13O33. The zero-order valence-electron chi connectivity index (χ0n) is 72.4. The van der Waals surface area contributed by atoms with Gasteiger partial charge in [-0.3, -0.25) is 101 Å². The standard InChI is InChI=1S/C80H117N13O33/c1-39(2)53(92(13)75(122)63(78(4,5)6)90-74(121)64(93(14)77(125)126-79(7,8)9)80(10,11)42-38-91(12)52-18-16-15-17-41(42)52)37-40(3)65(112)81-43(19-28-54(94)95)66(113)82-44(20-29-55(96)97)67(114)83-45(21-30-56(98)99)68(115)84-46(22-31-57(100)101)69(116)85-47(23-32-58(102)103)70(117)86-48(24-33-59(104)105)71(118)87-49(25-34-60(106)107)72(119)88-50(26-35-61(108)109)73(120)89-51(76(123)124)27-36-62(110)111/h15-18,37-39,43-51,53,63-64H,19-36H2,1-14H3,(H,81,112)(H,82,113)(H,83,114)(H,84,115)(H,85,116)(H,86,117)(H,87,118)(H,88,119)(H,89,120)(H,90,121)(H,94,95)(H,96,97)(H,98,99)(H,100,101)(H,102,103)(H,104,105)(H,106,107)(H,108,109)(H,110,111)(H,123,124)/b40-37+/t43-,44-,45-,46-,47-,48-,49-,50-,51-,53+,63+,64+/m0/s1. The van der Waals surface area contributed by atoms with Gasteiger partial charge in [0.15, 0.2) is 0 Å². The van der Waals surface area contributed by atoms with Crippen molar-refractivity contribution in [1.82, 2.24) is 67.5 Å². The largest absolute Gasteiger partial charge is 0.481 e. The number of carboxylic acids is 10. The van der Waals surface area contributed by atoms with E-state index in [4.69, 9.17) is 9.84 Å². The van der Waals surface area contributed by atoms with Gasteiger partial charge in [-0.05, 0) is 108 Å². The van der Waals surface area contributed by atoms with Crippen LogP contribution in [0.5, 0.6) is 0 Å². The summed E-state index contributed by atoms with van der Waals surface area (Å²) in [6, 6.07) is -15.1. The number of likely N-dealkylation sites (N-methyl/N-ethyl adjacent to an activating group) is 2. The SMILES string of the molecule is C/C(=C\[C@H](C(C)C)N(C)C(=O)[C@@H](NC(=O)[C@@H](N(C)C(=O)OC(C)(C)C)C(C)(C)c1cn(C)c2ccccc12)C(C)(C)C)C(=O)N[C@@H](CCC(=O)O)C(=O)N[C@@H](CCC(=O)O)C(=O)N[C@@H](CCC(=O)O)C(=O)N[C@@H](CCC(=O)O)C(=O)N[C@@H](CCC(=O)O)C(=O)N[C@@H](CCC(=O)O)C(=O)N[C@@H](CCC(=O)O)C(=O)N[C@@H](CCC(=O)O)C(=O)N[C@@H](CCC(=O)O)C(=O)O. The number of amides is 12. The number of aromatic nitrogens is 1. The van der Waals surface area contributed by atoms with E-state index in [2.05, 4.69) is 31.9 Å². The fourth-order valence-corrected chi connectivity index (χ4v) is 13.0. The molecule has 20 N–H and O–H groups in total. The summed E-state index contributed by atoms with van der Waals surface area (Å²) in [5.74, 6) is -31.2. The maximum absolute atomic E-state index is 15.2. The molecule has 126 heavy (non-hydrogen) atoms. The molecule has 0 saturated carbocycles. The lowest BCUT2D eigenvalue weighted by Gasteiger charge is -2.42. The Hall–Kier alpha value is -13.4. The summed E-state index contributed by atoms with van der Waals surface area (Å²) in [7, 11) is 4.63. The predicted molar refractivity (Wildman–Crippen MR) is 437 cm³/mol. The second-order valence-electron chi connectivity index (χ2n) is 33.0. The molecule has 0 spiro atoms. The lowest BCUT2D eigenvalue weighted by Crippen LogP contribution is -2.63. The molecule has 1 aromatic carbocycles. The van der Waals surface area contributed by atoms with Gasteiger partial charge >= 0.3 is 65.8 Å². The smallest absolute Gasteiger partial charge is 0.410 e. The van der Waals surface area contributed by atoms with Gasteiger partial charge in [0.25, 0.3) is 0 Å². The molecular weight excluding hydrogens is 1670 g/mol. The third kappa shape index (κ3) is 37.0. The number of aliphatic carboxylic acids is 10. The molecule has 0 aliphatic heterocycles. The molecule has 46 heteroatoms. The van der Waals surface area contributed by atoms with Crippen LogP contribution in [-0.4, -0.2) is 288 Å². The number of ether oxygens (including phenoxy) is 1. The number of hydrogen-bond donors (Lipinski definition) is 20. The Kier molecular flexibility index (Phi) is 43.0. The van der Waals surface area contributed by atoms with E-state index in [1.165, 1.54) is 32.0 Å². The van der Waals surface area contributed by atoms with Crippen LogP contribution in [0.2, 0.25) is 0 Å². The summed E-state index contributed by atoms with van der Waals surface area (Å²) in [5, 5.41) is 119. The minimum absolute atomic E-state index is 0.197. The summed E-state index contributed by atoms with van der Waals surface area (Å²) < 4.78 is 7.62. The number of rotatable bonds is 55. The molecule has 0 saturated heterocycles. The molecule has 0 aliphatic carbocycles. The molecule has 0 bridgehead atoms. The zero-order valence-corrected chi connectivity index (χ0v) is 72.4. The van der Waals surface area contributed by atoms with Crippen molar-refractivity contribution in [3.8, 4) is 0 Å². The van der Waals surface area contributed by atoms with Crippen molar-refractivity contribution in [1.29, 1.82) is 0 Å². The zero-order chi connectivity index (χ0) is 96.5. The quantitative estimate of drug-likeness (QED) is 0.0384. The highest BCUT2D eigenvalue weighted by Crippen LogP contribution is 2.38. The second kappa shape index (κ2) is 49.8. The van der Waals surface area contributed by atoms with Crippen LogP contribution in [0.3, 0.4) is 0 Å². The predicted octanol–water partition coefficient (Wildman–Crippen LogP) is -0.117. The van der Waals surface area contributed by atoms with Crippen LogP contribution < -0.4 is 53.2 Å². The van der Waals surface area contributed by atoms with E-state index in [0.29, 0.717) is 5.56 Å². The van der Waals surface area contributed by atoms with E-state index in [9.17, 15) is 142 Å². The minimum atomic E-state index is -2.21. The van der Waals surface area contributed by atoms with E-state index in [0.717, 1.165) is 15.8 Å². The first-order valence-electron chi connectivity index (χ1n) is 39.9. The number of carbonyl (C=O) groups is 22. The summed E-state index contributed by atoms with van der Waals surface area (Å²) in [6.07, 6.45) is -14.1. The van der Waals surface area contributed by atoms with Crippen LogP contribution in [0.1, 0.15) is 197 Å². The van der Waals surface area contributed by atoms with Gasteiger partial charge in [-0.2, -0.15) is 0 Å². The second-order valence-corrected chi connectivity index (χ2v) is 33.0. The monoisotopic (exact) mass is 1790 g/mol. The Balaban J connectivity index is 2.68. The average molecular weight is 1790 g/mol. The van der Waals surface area contributed by atoms with Gasteiger partial charge in [0, 0.05) is 107 Å². The van der Waals surface area contributed by atoms with Crippen molar-refractivity contribution in [2.45, 2.75) is 275 Å².